The minimum atomic E-state index is -0.161. The van der Waals surface area contributed by atoms with Gasteiger partial charge in [0.15, 0.2) is 0 Å². The van der Waals surface area contributed by atoms with E-state index in [0.29, 0.717) is 49.7 Å². The Labute approximate surface area is 178 Å². The highest BCUT2D eigenvalue weighted by molar-refractivity contribution is 9.10. The summed E-state index contributed by atoms with van der Waals surface area (Å²) in [6, 6.07) is 14.7. The van der Waals surface area contributed by atoms with Crippen molar-refractivity contribution in [3.63, 3.8) is 0 Å². The molecule has 28 heavy (non-hydrogen) atoms. The smallest absolute Gasteiger partial charge is 0.251 e. The molecule has 1 aliphatic rings. The normalized spacial score (nSPS) is 16.6. The Kier molecular flexibility index (Phi) is 7.48. The van der Waals surface area contributed by atoms with Gasteiger partial charge < -0.3 is 15.0 Å². The first-order valence-electron chi connectivity index (χ1n) is 9.21. The molecule has 2 amide bonds. The van der Waals surface area contributed by atoms with Gasteiger partial charge in [-0.05, 0) is 48.4 Å². The van der Waals surface area contributed by atoms with E-state index in [9.17, 15) is 9.59 Å². The number of hydrogen-bond acceptors (Lipinski definition) is 3. The first kappa shape index (κ1) is 20.8. The Morgan fingerprint density at radius 1 is 1.14 bits per heavy atom. The lowest BCUT2D eigenvalue weighted by atomic mass is 10.1. The molecular formula is C21H22BrClN2O3. The predicted octanol–water partition coefficient (Wildman–Crippen LogP) is 4.21. The van der Waals surface area contributed by atoms with E-state index in [-0.39, 0.29) is 17.9 Å². The highest BCUT2D eigenvalue weighted by Crippen LogP contribution is 2.24. The van der Waals surface area contributed by atoms with E-state index in [0.717, 1.165) is 10.0 Å². The van der Waals surface area contributed by atoms with Crippen LogP contribution in [0.2, 0.25) is 5.02 Å². The van der Waals surface area contributed by atoms with Gasteiger partial charge >= 0.3 is 0 Å². The molecule has 2 aromatic rings. The Bertz CT molecular complexity index is 811. The first-order valence-corrected chi connectivity index (χ1v) is 10.4. The quantitative estimate of drug-likeness (QED) is 0.650. The maximum Gasteiger partial charge on any atom is 0.251 e. The average Bonchev–Trinajstić information content (AvgIpc) is 2.72. The molecule has 2 aromatic carbocycles. The van der Waals surface area contributed by atoms with Gasteiger partial charge in [-0.15, -0.1) is 0 Å². The predicted molar refractivity (Wildman–Crippen MR) is 112 cm³/mol. The number of halogens is 2. The molecule has 0 aromatic heterocycles. The molecular weight excluding hydrogens is 444 g/mol. The number of rotatable bonds is 6. The van der Waals surface area contributed by atoms with Crippen LogP contribution in [0.1, 0.15) is 34.9 Å². The van der Waals surface area contributed by atoms with Crippen molar-refractivity contribution in [2.45, 2.75) is 18.9 Å². The topological polar surface area (TPSA) is 58.6 Å². The molecule has 1 unspecified atom stereocenters. The van der Waals surface area contributed by atoms with Gasteiger partial charge in [0, 0.05) is 34.6 Å². The number of carbonyl (C=O) groups excluding carboxylic acids is 2. The van der Waals surface area contributed by atoms with Crippen molar-refractivity contribution in [2.24, 2.45) is 0 Å². The average molecular weight is 466 g/mol. The summed E-state index contributed by atoms with van der Waals surface area (Å²) < 4.78 is 6.84. The second-order valence-corrected chi connectivity index (χ2v) is 7.97. The highest BCUT2D eigenvalue weighted by Gasteiger charge is 2.25. The van der Waals surface area contributed by atoms with E-state index < -0.39 is 0 Å². The summed E-state index contributed by atoms with van der Waals surface area (Å²) in [6.45, 7) is 2.13. The van der Waals surface area contributed by atoms with Gasteiger partial charge in [0.1, 0.15) is 6.10 Å². The van der Waals surface area contributed by atoms with Gasteiger partial charge in [0.25, 0.3) is 5.91 Å². The SMILES string of the molecule is O=C(NCCCC(=O)N1CCOC(c2ccc(Br)cc2)C1)c1ccc(Cl)cc1. The molecule has 1 heterocycles. The van der Waals surface area contributed by atoms with E-state index in [2.05, 4.69) is 21.2 Å². The number of benzene rings is 2. The van der Waals surface area contributed by atoms with Crippen LogP contribution in [0.5, 0.6) is 0 Å². The second-order valence-electron chi connectivity index (χ2n) is 6.62. The zero-order chi connectivity index (χ0) is 19.9. The number of hydrogen-bond donors (Lipinski definition) is 1. The van der Waals surface area contributed by atoms with Crippen molar-refractivity contribution in [3.05, 3.63) is 69.2 Å². The Hall–Kier alpha value is -1.89. The van der Waals surface area contributed by atoms with Crippen LogP contribution in [0, 0.1) is 0 Å². The number of ether oxygens (including phenoxy) is 1. The summed E-state index contributed by atoms with van der Waals surface area (Å²) in [5, 5.41) is 3.43. The van der Waals surface area contributed by atoms with Crippen LogP contribution in [-0.4, -0.2) is 43.0 Å². The molecule has 3 rings (SSSR count). The number of amides is 2. The summed E-state index contributed by atoms with van der Waals surface area (Å²) >= 11 is 9.25. The molecule has 7 heteroatoms. The number of morpholine rings is 1. The fourth-order valence-electron chi connectivity index (χ4n) is 3.06. The molecule has 1 aliphatic heterocycles. The van der Waals surface area contributed by atoms with E-state index in [4.69, 9.17) is 16.3 Å². The third-order valence-electron chi connectivity index (χ3n) is 4.62. The van der Waals surface area contributed by atoms with Crippen molar-refractivity contribution >= 4 is 39.3 Å². The number of carbonyl (C=O) groups is 2. The van der Waals surface area contributed by atoms with Crippen LogP contribution in [0.25, 0.3) is 0 Å². The van der Waals surface area contributed by atoms with Crippen molar-refractivity contribution < 1.29 is 14.3 Å². The molecule has 0 bridgehead atoms. The molecule has 1 fully saturated rings. The van der Waals surface area contributed by atoms with Crippen molar-refractivity contribution in [2.75, 3.05) is 26.2 Å². The zero-order valence-electron chi connectivity index (χ0n) is 15.4. The second kappa shape index (κ2) is 10.0. The third-order valence-corrected chi connectivity index (χ3v) is 5.40. The lowest BCUT2D eigenvalue weighted by molar-refractivity contribution is -0.139. The minimum Gasteiger partial charge on any atom is -0.370 e. The van der Waals surface area contributed by atoms with Crippen LogP contribution >= 0.6 is 27.5 Å². The number of nitrogens with zero attached hydrogens (tertiary/aromatic N) is 1. The van der Waals surface area contributed by atoms with Crippen molar-refractivity contribution in [1.82, 2.24) is 10.2 Å². The van der Waals surface area contributed by atoms with Gasteiger partial charge in [0.2, 0.25) is 5.91 Å². The van der Waals surface area contributed by atoms with E-state index >= 15 is 0 Å². The Balaban J connectivity index is 1.42. The summed E-state index contributed by atoms with van der Waals surface area (Å²) in [5.41, 5.74) is 1.62. The first-order chi connectivity index (χ1) is 13.5. The van der Waals surface area contributed by atoms with Crippen molar-refractivity contribution in [3.8, 4) is 0 Å². The van der Waals surface area contributed by atoms with Gasteiger partial charge in [0.05, 0.1) is 13.2 Å². The fourth-order valence-corrected chi connectivity index (χ4v) is 3.45. The molecule has 1 N–H and O–H groups in total. The lowest BCUT2D eigenvalue weighted by Gasteiger charge is -2.33. The Morgan fingerprint density at radius 3 is 2.57 bits per heavy atom. The molecule has 0 saturated carbocycles. The molecule has 0 radical (unpaired) electrons. The fraction of sp³-hybridized carbons (Fsp3) is 0.333. The van der Waals surface area contributed by atoms with Gasteiger partial charge in [-0.1, -0.05) is 39.7 Å². The standard InChI is InChI=1S/C21H22BrClN2O3/c22-17-7-3-15(4-8-17)19-14-25(12-13-28-19)20(26)2-1-11-24-21(27)16-5-9-18(23)10-6-16/h3-10,19H,1-2,11-14H2,(H,24,27). The molecule has 0 aliphatic carbocycles. The monoisotopic (exact) mass is 464 g/mol. The highest BCUT2D eigenvalue weighted by atomic mass is 79.9. The molecule has 5 nitrogen and oxygen atoms in total. The summed E-state index contributed by atoms with van der Waals surface area (Å²) in [6.07, 6.45) is 0.891. The third kappa shape index (κ3) is 5.80. The van der Waals surface area contributed by atoms with Gasteiger partial charge in [-0.2, -0.15) is 0 Å². The number of nitrogens with one attached hydrogen (secondary N) is 1. The summed E-state index contributed by atoms with van der Waals surface area (Å²) in [7, 11) is 0. The largest absolute Gasteiger partial charge is 0.370 e. The van der Waals surface area contributed by atoms with Gasteiger partial charge in [-0.25, -0.2) is 0 Å². The van der Waals surface area contributed by atoms with E-state index in [1.54, 1.807) is 24.3 Å². The van der Waals surface area contributed by atoms with E-state index in [1.807, 2.05) is 29.2 Å². The van der Waals surface area contributed by atoms with Crippen molar-refractivity contribution in [1.29, 1.82) is 0 Å². The summed E-state index contributed by atoms with van der Waals surface area (Å²) in [5.74, 6) is -0.0723. The molecule has 148 valence electrons. The van der Waals surface area contributed by atoms with Crippen LogP contribution in [0.15, 0.2) is 53.0 Å². The molecule has 1 atom stereocenters. The maximum absolute atomic E-state index is 12.5. The van der Waals surface area contributed by atoms with Crippen LogP contribution in [0.3, 0.4) is 0 Å². The molecule has 1 saturated heterocycles. The minimum absolute atomic E-state index is 0.0890. The van der Waals surface area contributed by atoms with Crippen LogP contribution in [0.4, 0.5) is 0 Å². The Morgan fingerprint density at radius 2 is 1.86 bits per heavy atom. The lowest BCUT2D eigenvalue weighted by Crippen LogP contribution is -2.42. The van der Waals surface area contributed by atoms with Crippen LogP contribution < -0.4 is 5.32 Å². The van der Waals surface area contributed by atoms with Crippen LogP contribution in [-0.2, 0) is 9.53 Å². The maximum atomic E-state index is 12.5. The summed E-state index contributed by atoms with van der Waals surface area (Å²) in [4.78, 5) is 26.4. The van der Waals surface area contributed by atoms with E-state index in [1.165, 1.54) is 0 Å². The zero-order valence-corrected chi connectivity index (χ0v) is 17.7. The van der Waals surface area contributed by atoms with Gasteiger partial charge in [-0.3, -0.25) is 9.59 Å². The molecule has 0 spiro atoms.